The lowest BCUT2D eigenvalue weighted by molar-refractivity contribution is -0.140. The molecule has 7 nitrogen and oxygen atoms in total. The highest BCUT2D eigenvalue weighted by Crippen LogP contribution is 2.51. The molecule has 0 saturated heterocycles. The van der Waals surface area contributed by atoms with Crippen molar-refractivity contribution in [3.05, 3.63) is 113 Å². The number of halogens is 6. The minimum absolute atomic E-state index is 0.0209. The van der Waals surface area contributed by atoms with Gasteiger partial charge in [-0.05, 0) is 91.9 Å². The number of allylic oxidation sites excluding steroid dienone is 1. The van der Waals surface area contributed by atoms with Crippen molar-refractivity contribution in [2.24, 2.45) is 5.41 Å². The van der Waals surface area contributed by atoms with Gasteiger partial charge in [0.1, 0.15) is 29.7 Å². The van der Waals surface area contributed by atoms with Crippen molar-refractivity contribution in [1.29, 1.82) is 0 Å². The van der Waals surface area contributed by atoms with Crippen LogP contribution < -0.4 is 0 Å². The topological polar surface area (TPSA) is 85.2 Å². The predicted octanol–water partition coefficient (Wildman–Crippen LogP) is 6.30. The summed E-state index contributed by atoms with van der Waals surface area (Å²) in [5, 5.41) is 4.40. The fourth-order valence-electron chi connectivity index (χ4n) is 6.22. The molecule has 1 saturated carbocycles. The Hall–Kier alpha value is -4.30. The first-order chi connectivity index (χ1) is 21.3. The zero-order valence-corrected chi connectivity index (χ0v) is 24.1. The van der Waals surface area contributed by atoms with Gasteiger partial charge in [-0.1, -0.05) is 5.57 Å². The Morgan fingerprint density at radius 2 is 1.64 bits per heavy atom. The molecule has 2 aliphatic carbocycles. The van der Waals surface area contributed by atoms with Crippen LogP contribution in [0.15, 0.2) is 83.5 Å². The van der Waals surface area contributed by atoms with Crippen LogP contribution in [0.25, 0.3) is 11.8 Å². The van der Waals surface area contributed by atoms with E-state index in [2.05, 4.69) is 10.1 Å². The van der Waals surface area contributed by atoms with E-state index in [9.17, 15) is 39.6 Å². The Morgan fingerprint density at radius 1 is 0.978 bits per heavy atom. The van der Waals surface area contributed by atoms with Gasteiger partial charge in [-0.25, -0.2) is 26.3 Å². The summed E-state index contributed by atoms with van der Waals surface area (Å²) in [4.78, 5) is 17.8. The number of carbonyl (C=O) groups excluding carboxylic acids is 1. The van der Waals surface area contributed by atoms with Crippen molar-refractivity contribution in [2.45, 2.75) is 42.8 Å². The van der Waals surface area contributed by atoms with E-state index in [-0.39, 0.29) is 31.4 Å². The maximum Gasteiger partial charge on any atom is 0.402 e. The van der Waals surface area contributed by atoms with Gasteiger partial charge in [0.2, 0.25) is 10.0 Å². The number of nitrogens with zero attached hydrogens (tertiary/aromatic N) is 4. The lowest BCUT2D eigenvalue weighted by Gasteiger charge is -2.46. The predicted molar refractivity (Wildman–Crippen MR) is 150 cm³/mol. The van der Waals surface area contributed by atoms with Crippen LogP contribution in [0.4, 0.5) is 26.3 Å². The lowest BCUT2D eigenvalue weighted by Crippen LogP contribution is -2.52. The number of rotatable bonds is 7. The lowest BCUT2D eigenvalue weighted by atomic mass is 9.60. The van der Waals surface area contributed by atoms with E-state index in [0.29, 0.717) is 26.8 Å². The molecule has 2 aromatic heterocycles. The van der Waals surface area contributed by atoms with Gasteiger partial charge in [0, 0.05) is 18.3 Å². The standard InChI is InChI=1S/C31H24F6N4O3S/c32-21-2-7-24(8-3-21)41-28-13-20-1-6-25(40(18-31(35,36)37)45(43,44)26-9-4-22(33)5-10-26)16-30(20,15-19(28)17-39-41)29(42)27-14-23(34)11-12-38-27/h2-5,7-14,17,25H,1,6,15-16,18H2/t25-,30-/m0/s1. The van der Waals surface area contributed by atoms with Gasteiger partial charge in [0.05, 0.1) is 27.9 Å². The summed E-state index contributed by atoms with van der Waals surface area (Å²) in [6.07, 6.45) is -1.19. The Bertz CT molecular complexity index is 1910. The summed E-state index contributed by atoms with van der Waals surface area (Å²) in [7, 11) is -4.82. The van der Waals surface area contributed by atoms with Gasteiger partial charge in [0.15, 0.2) is 5.78 Å². The molecule has 0 amide bonds. The number of benzene rings is 2. The molecule has 6 rings (SSSR count). The summed E-state index contributed by atoms with van der Waals surface area (Å²) in [6, 6.07) is 9.63. The minimum atomic E-state index is -4.94. The highest BCUT2D eigenvalue weighted by Gasteiger charge is 2.53. The van der Waals surface area contributed by atoms with E-state index in [4.69, 9.17) is 0 Å². The molecule has 0 unspecified atom stereocenters. The van der Waals surface area contributed by atoms with E-state index in [1.807, 2.05) is 0 Å². The van der Waals surface area contributed by atoms with Crippen molar-refractivity contribution < 1.29 is 39.6 Å². The Labute approximate surface area is 253 Å². The molecule has 0 radical (unpaired) electrons. The third-order valence-electron chi connectivity index (χ3n) is 8.26. The monoisotopic (exact) mass is 646 g/mol. The molecule has 45 heavy (non-hydrogen) atoms. The number of sulfonamides is 1. The van der Waals surface area contributed by atoms with Crippen LogP contribution >= 0.6 is 0 Å². The number of pyridine rings is 1. The molecule has 2 aliphatic rings. The number of fused-ring (bicyclic) bond motifs is 2. The van der Waals surface area contributed by atoms with Crippen LogP contribution in [-0.2, 0) is 16.4 Å². The molecular formula is C31H24F6N4O3S. The molecule has 2 heterocycles. The van der Waals surface area contributed by atoms with E-state index in [1.165, 1.54) is 35.1 Å². The zero-order valence-electron chi connectivity index (χ0n) is 23.3. The maximum atomic E-state index is 14.3. The summed E-state index contributed by atoms with van der Waals surface area (Å²) in [5.41, 5.74) is 0.261. The second kappa shape index (κ2) is 11.2. The smallest absolute Gasteiger partial charge is 0.291 e. The van der Waals surface area contributed by atoms with Crippen molar-refractivity contribution in [2.75, 3.05) is 6.54 Å². The third kappa shape index (κ3) is 5.79. The van der Waals surface area contributed by atoms with Gasteiger partial charge < -0.3 is 0 Å². The molecule has 14 heteroatoms. The average Bonchev–Trinajstić information content (AvgIpc) is 3.40. The average molecular weight is 647 g/mol. The third-order valence-corrected chi connectivity index (χ3v) is 10.2. The van der Waals surface area contributed by atoms with Gasteiger partial charge >= 0.3 is 6.18 Å². The molecule has 1 fully saturated rings. The summed E-state index contributed by atoms with van der Waals surface area (Å²) in [5.74, 6) is -2.65. The largest absolute Gasteiger partial charge is 0.402 e. The first-order valence-electron chi connectivity index (χ1n) is 13.8. The van der Waals surface area contributed by atoms with Gasteiger partial charge in [-0.2, -0.15) is 22.6 Å². The Balaban J connectivity index is 1.46. The number of alkyl halides is 3. The quantitative estimate of drug-likeness (QED) is 0.174. The number of carbonyl (C=O) groups is 1. The normalized spacial score (nSPS) is 20.0. The molecule has 2 aromatic carbocycles. The second-order valence-corrected chi connectivity index (χ2v) is 13.0. The van der Waals surface area contributed by atoms with Crippen LogP contribution in [0.5, 0.6) is 0 Å². The number of hydrogen-bond acceptors (Lipinski definition) is 5. The summed E-state index contributed by atoms with van der Waals surface area (Å²) >= 11 is 0. The Morgan fingerprint density at radius 3 is 2.29 bits per heavy atom. The van der Waals surface area contributed by atoms with E-state index in [0.717, 1.165) is 42.6 Å². The zero-order chi connectivity index (χ0) is 32.1. The van der Waals surface area contributed by atoms with Crippen molar-refractivity contribution in [3.8, 4) is 5.69 Å². The van der Waals surface area contributed by atoms with Crippen LogP contribution in [0.3, 0.4) is 0 Å². The van der Waals surface area contributed by atoms with E-state index in [1.54, 1.807) is 6.08 Å². The molecule has 2 atom stereocenters. The molecule has 234 valence electrons. The van der Waals surface area contributed by atoms with Gasteiger partial charge in [-0.3, -0.25) is 9.78 Å². The first-order valence-corrected chi connectivity index (χ1v) is 15.3. The van der Waals surface area contributed by atoms with Crippen LogP contribution in [0.1, 0.15) is 41.0 Å². The van der Waals surface area contributed by atoms with Crippen molar-refractivity contribution in [3.63, 3.8) is 0 Å². The summed E-state index contributed by atoms with van der Waals surface area (Å²) < 4.78 is 112. The molecule has 0 spiro atoms. The fraction of sp³-hybridized carbons (Fsp3) is 0.258. The maximum absolute atomic E-state index is 14.3. The molecule has 0 aliphatic heterocycles. The number of aromatic nitrogens is 3. The van der Waals surface area contributed by atoms with Crippen molar-refractivity contribution >= 4 is 21.9 Å². The Kier molecular flexibility index (Phi) is 7.68. The molecule has 0 bridgehead atoms. The van der Waals surface area contributed by atoms with Gasteiger partial charge in [0.25, 0.3) is 0 Å². The number of hydrogen-bond donors (Lipinski definition) is 0. The van der Waals surface area contributed by atoms with E-state index < -0.39 is 62.3 Å². The summed E-state index contributed by atoms with van der Waals surface area (Å²) in [6.45, 7) is -1.84. The van der Waals surface area contributed by atoms with Crippen molar-refractivity contribution in [1.82, 2.24) is 19.1 Å². The second-order valence-electron chi connectivity index (χ2n) is 11.1. The minimum Gasteiger partial charge on any atom is -0.291 e. The number of ketones is 1. The molecular weight excluding hydrogens is 622 g/mol. The number of Topliss-reactive ketones (excluding diaryl/α,β-unsaturated/α-hetero) is 1. The molecule has 4 aromatic rings. The highest BCUT2D eigenvalue weighted by atomic mass is 32.2. The highest BCUT2D eigenvalue weighted by molar-refractivity contribution is 7.89. The SMILES string of the molecule is O=C(c1cc(F)ccn1)[C@]12Cc3cnn(-c4ccc(F)cc4)c3C=C1CC[C@H](N(CC(F)(F)F)S(=O)(=O)c1ccc(F)cc1)C2. The van der Waals surface area contributed by atoms with Crippen LogP contribution in [0, 0.1) is 22.9 Å². The van der Waals surface area contributed by atoms with Crippen LogP contribution in [0.2, 0.25) is 0 Å². The fourth-order valence-corrected chi connectivity index (χ4v) is 7.86. The molecule has 0 N–H and O–H groups in total. The van der Waals surface area contributed by atoms with E-state index >= 15 is 0 Å². The van der Waals surface area contributed by atoms with Crippen LogP contribution in [-0.4, -0.2) is 52.0 Å². The first kappa shape index (κ1) is 30.7. The van der Waals surface area contributed by atoms with Gasteiger partial charge in [-0.15, -0.1) is 0 Å².